The summed E-state index contributed by atoms with van der Waals surface area (Å²) in [6.45, 7) is 4.93. The number of halogens is 3. The highest BCUT2D eigenvalue weighted by atomic mass is 79.9. The molecule has 0 atom stereocenters. The number of anilines is 1. The van der Waals surface area contributed by atoms with E-state index in [-0.39, 0.29) is 12.4 Å². The molecule has 0 radical (unpaired) electrons. The predicted molar refractivity (Wildman–Crippen MR) is 116 cm³/mol. The fraction of sp³-hybridized carbons (Fsp3) is 0.182. The predicted octanol–water partition coefficient (Wildman–Crippen LogP) is 7.16. The molecule has 0 aliphatic carbocycles. The van der Waals surface area contributed by atoms with Crippen LogP contribution in [0, 0.1) is 19.7 Å². The molecule has 3 aromatic carbocycles. The Kier molecular flexibility index (Phi) is 6.55. The second-order valence-electron chi connectivity index (χ2n) is 6.43. The van der Waals surface area contributed by atoms with Crippen LogP contribution in [-0.4, -0.2) is 0 Å². The zero-order valence-electron chi connectivity index (χ0n) is 15.2. The average Bonchev–Trinajstić information content (AvgIpc) is 2.61. The Morgan fingerprint density at radius 1 is 0.963 bits per heavy atom. The summed E-state index contributed by atoms with van der Waals surface area (Å²) < 4.78 is 21.6. The molecule has 0 fully saturated rings. The third-order valence-electron chi connectivity index (χ3n) is 4.27. The van der Waals surface area contributed by atoms with Gasteiger partial charge in [-0.2, -0.15) is 0 Å². The normalized spacial score (nSPS) is 10.7. The van der Waals surface area contributed by atoms with E-state index < -0.39 is 0 Å². The summed E-state index contributed by atoms with van der Waals surface area (Å²) in [5, 5.41) is 3.47. The van der Waals surface area contributed by atoms with E-state index in [1.54, 1.807) is 18.2 Å². The van der Waals surface area contributed by atoms with E-state index in [1.165, 1.54) is 17.2 Å². The maximum atomic E-state index is 13.9. The average molecular weight is 493 g/mol. The summed E-state index contributed by atoms with van der Waals surface area (Å²) in [6.07, 6.45) is 0. The van der Waals surface area contributed by atoms with E-state index in [1.807, 2.05) is 12.1 Å². The van der Waals surface area contributed by atoms with Gasteiger partial charge in [-0.1, -0.05) is 51.8 Å². The Bertz CT molecular complexity index is 959. The second kappa shape index (κ2) is 8.89. The van der Waals surface area contributed by atoms with Gasteiger partial charge in [-0.05, 0) is 59.6 Å². The maximum Gasteiger partial charge on any atom is 0.139 e. The van der Waals surface area contributed by atoms with E-state index in [4.69, 9.17) is 4.74 Å². The number of benzene rings is 3. The minimum atomic E-state index is -0.263. The molecule has 27 heavy (non-hydrogen) atoms. The van der Waals surface area contributed by atoms with Crippen molar-refractivity contribution in [3.8, 4) is 5.75 Å². The van der Waals surface area contributed by atoms with Crippen LogP contribution in [0.15, 0.2) is 63.5 Å². The van der Waals surface area contributed by atoms with Gasteiger partial charge in [0.15, 0.2) is 0 Å². The van der Waals surface area contributed by atoms with Crippen LogP contribution in [0.4, 0.5) is 10.1 Å². The lowest BCUT2D eigenvalue weighted by Crippen LogP contribution is -2.06. The monoisotopic (exact) mass is 491 g/mol. The standard InChI is InChI=1S/C22H20Br2FNO/c1-14-7-8-21(15(2)9-14)26-12-17-10-18(23)11-19(24)22(17)27-13-16-5-3-4-6-20(16)25/h3-11,26H,12-13H2,1-2H3. The summed E-state index contributed by atoms with van der Waals surface area (Å²) in [7, 11) is 0. The van der Waals surface area contributed by atoms with Crippen molar-refractivity contribution in [2.24, 2.45) is 0 Å². The molecule has 3 rings (SSSR count). The van der Waals surface area contributed by atoms with Gasteiger partial charge < -0.3 is 10.1 Å². The van der Waals surface area contributed by atoms with Gasteiger partial charge in [0, 0.05) is 27.8 Å². The smallest absolute Gasteiger partial charge is 0.139 e. The largest absolute Gasteiger partial charge is 0.487 e. The van der Waals surface area contributed by atoms with E-state index in [2.05, 4.69) is 69.2 Å². The molecule has 0 aliphatic heterocycles. The van der Waals surface area contributed by atoms with E-state index in [9.17, 15) is 4.39 Å². The van der Waals surface area contributed by atoms with Gasteiger partial charge in [0.1, 0.15) is 18.2 Å². The molecule has 0 aromatic heterocycles. The van der Waals surface area contributed by atoms with Crippen LogP contribution in [0.3, 0.4) is 0 Å². The molecule has 0 spiro atoms. The number of aryl methyl sites for hydroxylation is 2. The van der Waals surface area contributed by atoms with Crippen molar-refractivity contribution >= 4 is 37.5 Å². The number of rotatable bonds is 6. The third kappa shape index (κ3) is 5.11. The van der Waals surface area contributed by atoms with Crippen molar-refractivity contribution in [3.63, 3.8) is 0 Å². The number of nitrogens with one attached hydrogen (secondary N) is 1. The Balaban J connectivity index is 1.81. The Labute approximate surface area is 176 Å². The summed E-state index contributed by atoms with van der Waals surface area (Å²) in [5.74, 6) is 0.444. The molecule has 0 aliphatic rings. The van der Waals surface area contributed by atoms with E-state index in [0.717, 1.165) is 20.2 Å². The van der Waals surface area contributed by atoms with Gasteiger partial charge in [-0.3, -0.25) is 0 Å². The molecule has 0 amide bonds. The van der Waals surface area contributed by atoms with Crippen LogP contribution >= 0.6 is 31.9 Å². The first-order valence-corrected chi connectivity index (χ1v) is 10.2. The van der Waals surface area contributed by atoms with Crippen molar-refractivity contribution in [2.75, 3.05) is 5.32 Å². The topological polar surface area (TPSA) is 21.3 Å². The first-order valence-electron chi connectivity index (χ1n) is 8.59. The second-order valence-corrected chi connectivity index (χ2v) is 8.20. The van der Waals surface area contributed by atoms with Crippen LogP contribution in [-0.2, 0) is 13.2 Å². The van der Waals surface area contributed by atoms with Crippen molar-refractivity contribution in [3.05, 3.63) is 91.6 Å². The lowest BCUT2D eigenvalue weighted by atomic mass is 10.1. The molecule has 140 valence electrons. The van der Waals surface area contributed by atoms with E-state index >= 15 is 0 Å². The lowest BCUT2D eigenvalue weighted by molar-refractivity contribution is 0.295. The molecule has 0 heterocycles. The van der Waals surface area contributed by atoms with Crippen molar-refractivity contribution < 1.29 is 9.13 Å². The van der Waals surface area contributed by atoms with Gasteiger partial charge in [0.2, 0.25) is 0 Å². The van der Waals surface area contributed by atoms with Crippen LogP contribution in [0.1, 0.15) is 22.3 Å². The van der Waals surface area contributed by atoms with Crippen molar-refractivity contribution in [1.82, 2.24) is 0 Å². The Morgan fingerprint density at radius 3 is 2.48 bits per heavy atom. The van der Waals surface area contributed by atoms with Gasteiger partial charge in [-0.15, -0.1) is 0 Å². The number of ether oxygens (including phenoxy) is 1. The SMILES string of the molecule is Cc1ccc(NCc2cc(Br)cc(Br)c2OCc2ccccc2F)c(C)c1. The third-order valence-corrected chi connectivity index (χ3v) is 5.31. The summed E-state index contributed by atoms with van der Waals surface area (Å²) in [4.78, 5) is 0. The first-order chi connectivity index (χ1) is 12.9. The summed E-state index contributed by atoms with van der Waals surface area (Å²) in [5.41, 5.74) is 5.01. The van der Waals surface area contributed by atoms with Crippen LogP contribution in [0.2, 0.25) is 0 Å². The van der Waals surface area contributed by atoms with Crippen LogP contribution < -0.4 is 10.1 Å². The Hall–Kier alpha value is -1.85. The van der Waals surface area contributed by atoms with Crippen LogP contribution in [0.5, 0.6) is 5.75 Å². The van der Waals surface area contributed by atoms with Crippen LogP contribution in [0.25, 0.3) is 0 Å². The Morgan fingerprint density at radius 2 is 1.74 bits per heavy atom. The molecule has 2 nitrogen and oxygen atoms in total. The quantitative estimate of drug-likeness (QED) is 0.394. The maximum absolute atomic E-state index is 13.9. The highest BCUT2D eigenvalue weighted by Gasteiger charge is 2.12. The molecule has 3 aromatic rings. The molecule has 0 bridgehead atoms. The first kappa shape index (κ1) is 19.9. The molecule has 0 saturated heterocycles. The molecular weight excluding hydrogens is 473 g/mol. The summed E-state index contributed by atoms with van der Waals surface area (Å²) in [6, 6.07) is 16.9. The minimum Gasteiger partial charge on any atom is -0.487 e. The molecule has 5 heteroatoms. The zero-order chi connectivity index (χ0) is 19.4. The lowest BCUT2D eigenvalue weighted by Gasteiger charge is -2.16. The highest BCUT2D eigenvalue weighted by molar-refractivity contribution is 9.11. The highest BCUT2D eigenvalue weighted by Crippen LogP contribution is 2.34. The molecule has 0 saturated carbocycles. The minimum absolute atomic E-state index is 0.170. The summed E-state index contributed by atoms with van der Waals surface area (Å²) >= 11 is 7.10. The van der Waals surface area contributed by atoms with E-state index in [0.29, 0.717) is 17.9 Å². The number of hydrogen-bond acceptors (Lipinski definition) is 2. The molecule has 1 N–H and O–H groups in total. The van der Waals surface area contributed by atoms with Gasteiger partial charge in [0.25, 0.3) is 0 Å². The zero-order valence-corrected chi connectivity index (χ0v) is 18.3. The fourth-order valence-electron chi connectivity index (χ4n) is 2.87. The number of hydrogen-bond donors (Lipinski definition) is 1. The van der Waals surface area contributed by atoms with Crippen molar-refractivity contribution in [2.45, 2.75) is 27.0 Å². The molecule has 0 unspecified atom stereocenters. The molecular formula is C22H20Br2FNO. The van der Waals surface area contributed by atoms with Crippen molar-refractivity contribution in [1.29, 1.82) is 0 Å². The van der Waals surface area contributed by atoms with Gasteiger partial charge in [-0.25, -0.2) is 4.39 Å². The van der Waals surface area contributed by atoms with Gasteiger partial charge in [0.05, 0.1) is 4.47 Å². The van der Waals surface area contributed by atoms with Gasteiger partial charge >= 0.3 is 0 Å². The fourth-order valence-corrected chi connectivity index (χ4v) is 4.30.